The zero-order chi connectivity index (χ0) is 13.2. The molecule has 5 nitrogen and oxygen atoms in total. The van der Waals surface area contributed by atoms with E-state index in [1.165, 1.54) is 4.88 Å². The Morgan fingerprint density at radius 1 is 1.53 bits per heavy atom. The number of hydrogen-bond acceptors (Lipinski definition) is 6. The van der Waals surface area contributed by atoms with Gasteiger partial charge in [0.2, 0.25) is 11.8 Å². The van der Waals surface area contributed by atoms with Gasteiger partial charge in [0.15, 0.2) is 0 Å². The Bertz CT molecular complexity index is 579. The van der Waals surface area contributed by atoms with Crippen molar-refractivity contribution < 1.29 is 9.47 Å². The van der Waals surface area contributed by atoms with Crippen molar-refractivity contribution in [2.24, 2.45) is 0 Å². The lowest BCUT2D eigenvalue weighted by Gasteiger charge is -2.12. The van der Waals surface area contributed by atoms with Crippen molar-refractivity contribution in [1.29, 1.82) is 0 Å². The van der Waals surface area contributed by atoms with Crippen LogP contribution in [0.25, 0.3) is 10.2 Å². The average molecular weight is 279 g/mol. The molecule has 1 fully saturated rings. The van der Waals surface area contributed by atoms with E-state index in [9.17, 15) is 0 Å². The van der Waals surface area contributed by atoms with Gasteiger partial charge in [-0.2, -0.15) is 4.98 Å². The second-order valence-electron chi connectivity index (χ2n) is 4.49. The lowest BCUT2D eigenvalue weighted by Crippen LogP contribution is -2.17. The fourth-order valence-corrected chi connectivity index (χ4v) is 3.04. The Morgan fingerprint density at radius 3 is 3.11 bits per heavy atom. The first-order valence-electron chi connectivity index (χ1n) is 6.52. The second kappa shape index (κ2) is 5.30. The van der Waals surface area contributed by atoms with Gasteiger partial charge in [0.1, 0.15) is 10.9 Å². The van der Waals surface area contributed by atoms with Crippen LogP contribution in [0.5, 0.6) is 5.88 Å². The van der Waals surface area contributed by atoms with Crippen LogP contribution in [0, 0.1) is 0 Å². The second-order valence-corrected chi connectivity index (χ2v) is 5.61. The molecule has 0 radical (unpaired) electrons. The average Bonchev–Trinajstić information content (AvgIpc) is 3.06. The highest BCUT2D eigenvalue weighted by molar-refractivity contribution is 7.18. The summed E-state index contributed by atoms with van der Waals surface area (Å²) < 4.78 is 11.3. The largest absolute Gasteiger partial charge is 0.471 e. The van der Waals surface area contributed by atoms with Crippen molar-refractivity contribution in [3.8, 4) is 5.88 Å². The molecule has 0 aliphatic carbocycles. The summed E-state index contributed by atoms with van der Waals surface area (Å²) in [5.41, 5.74) is 0. The fraction of sp³-hybridized carbons (Fsp3) is 0.538. The van der Waals surface area contributed by atoms with E-state index in [0.717, 1.165) is 29.7 Å². The van der Waals surface area contributed by atoms with Gasteiger partial charge < -0.3 is 14.8 Å². The maximum Gasteiger partial charge on any atom is 0.227 e. The molecule has 0 aromatic carbocycles. The molecule has 0 saturated carbocycles. The third-order valence-corrected chi connectivity index (χ3v) is 4.32. The molecule has 2 aromatic heterocycles. The van der Waals surface area contributed by atoms with Crippen molar-refractivity contribution in [2.75, 3.05) is 25.6 Å². The summed E-state index contributed by atoms with van der Waals surface area (Å²) in [4.78, 5) is 11.2. The summed E-state index contributed by atoms with van der Waals surface area (Å²) in [6, 6.07) is 2.13. The standard InChI is InChI=1S/C13H17N3O2S/c1-3-9-6-10-11(18-8-4-5-17-7-8)15-13(14-2)16-12(10)19-9/h6,8H,3-5,7H2,1-2H3,(H,14,15,16). The van der Waals surface area contributed by atoms with Gasteiger partial charge in [0, 0.05) is 18.3 Å². The third kappa shape index (κ3) is 2.50. The first-order chi connectivity index (χ1) is 9.30. The van der Waals surface area contributed by atoms with Gasteiger partial charge in [-0.25, -0.2) is 4.98 Å². The number of aryl methyl sites for hydroxylation is 1. The third-order valence-electron chi connectivity index (χ3n) is 3.15. The molecule has 1 saturated heterocycles. The Balaban J connectivity index is 2.01. The number of ether oxygens (including phenoxy) is 2. The minimum atomic E-state index is 0.104. The number of aromatic nitrogens is 2. The van der Waals surface area contributed by atoms with Crippen molar-refractivity contribution in [3.05, 3.63) is 10.9 Å². The molecule has 3 rings (SSSR count). The molecule has 3 heterocycles. The maximum atomic E-state index is 5.98. The lowest BCUT2D eigenvalue weighted by atomic mass is 10.3. The van der Waals surface area contributed by atoms with Crippen molar-refractivity contribution in [1.82, 2.24) is 9.97 Å². The predicted octanol–water partition coefficient (Wildman–Crippen LogP) is 2.46. The number of nitrogens with one attached hydrogen (secondary N) is 1. The van der Waals surface area contributed by atoms with Crippen LogP contribution in [0.1, 0.15) is 18.2 Å². The molecule has 19 heavy (non-hydrogen) atoms. The Labute approximate surface area is 116 Å². The summed E-state index contributed by atoms with van der Waals surface area (Å²) >= 11 is 1.70. The highest BCUT2D eigenvalue weighted by Crippen LogP contribution is 2.32. The maximum absolute atomic E-state index is 5.98. The zero-order valence-corrected chi connectivity index (χ0v) is 11.9. The van der Waals surface area contributed by atoms with Gasteiger partial charge in [-0.1, -0.05) is 6.92 Å². The van der Waals surface area contributed by atoms with Gasteiger partial charge >= 0.3 is 0 Å². The smallest absolute Gasteiger partial charge is 0.227 e. The van der Waals surface area contributed by atoms with E-state index in [1.807, 2.05) is 7.05 Å². The van der Waals surface area contributed by atoms with Crippen LogP contribution >= 0.6 is 11.3 Å². The van der Waals surface area contributed by atoms with Crippen LogP contribution in [-0.2, 0) is 11.2 Å². The van der Waals surface area contributed by atoms with Crippen LogP contribution in [0.2, 0.25) is 0 Å². The molecular formula is C13H17N3O2S. The molecule has 0 amide bonds. The van der Waals surface area contributed by atoms with E-state index < -0.39 is 0 Å². The van der Waals surface area contributed by atoms with E-state index in [-0.39, 0.29) is 6.10 Å². The summed E-state index contributed by atoms with van der Waals surface area (Å²) in [6.07, 6.45) is 2.03. The van der Waals surface area contributed by atoms with Gasteiger partial charge in [0.05, 0.1) is 18.6 Å². The Hall–Kier alpha value is -1.40. The normalized spacial score (nSPS) is 18.9. The minimum Gasteiger partial charge on any atom is -0.471 e. The van der Waals surface area contributed by atoms with Crippen molar-refractivity contribution in [3.63, 3.8) is 0 Å². The molecule has 1 unspecified atom stereocenters. The molecule has 6 heteroatoms. The molecular weight excluding hydrogens is 262 g/mol. The SMILES string of the molecule is CCc1cc2c(OC3CCOC3)nc(NC)nc2s1. The molecule has 1 N–H and O–H groups in total. The number of fused-ring (bicyclic) bond motifs is 1. The van der Waals surface area contributed by atoms with E-state index in [1.54, 1.807) is 11.3 Å². The summed E-state index contributed by atoms with van der Waals surface area (Å²) in [5.74, 6) is 1.27. The number of anilines is 1. The highest BCUT2D eigenvalue weighted by atomic mass is 32.1. The van der Waals surface area contributed by atoms with Crippen LogP contribution in [-0.4, -0.2) is 36.3 Å². The van der Waals surface area contributed by atoms with Gasteiger partial charge in [-0.05, 0) is 12.5 Å². The van der Waals surface area contributed by atoms with E-state index in [2.05, 4.69) is 28.3 Å². The first kappa shape index (κ1) is 12.6. The van der Waals surface area contributed by atoms with Gasteiger partial charge in [0.25, 0.3) is 0 Å². The van der Waals surface area contributed by atoms with E-state index in [0.29, 0.717) is 18.4 Å². The quantitative estimate of drug-likeness (QED) is 0.931. The predicted molar refractivity (Wildman–Crippen MR) is 76.2 cm³/mol. The van der Waals surface area contributed by atoms with Crippen molar-refractivity contribution in [2.45, 2.75) is 25.9 Å². The van der Waals surface area contributed by atoms with Crippen LogP contribution in [0.15, 0.2) is 6.07 Å². The first-order valence-corrected chi connectivity index (χ1v) is 7.34. The van der Waals surface area contributed by atoms with Crippen molar-refractivity contribution >= 4 is 27.5 Å². The molecule has 102 valence electrons. The Kier molecular flexibility index (Phi) is 3.52. The monoisotopic (exact) mass is 279 g/mol. The lowest BCUT2D eigenvalue weighted by molar-refractivity contribution is 0.139. The minimum absolute atomic E-state index is 0.104. The summed E-state index contributed by atoms with van der Waals surface area (Å²) in [7, 11) is 1.82. The van der Waals surface area contributed by atoms with E-state index >= 15 is 0 Å². The molecule has 1 atom stereocenters. The molecule has 0 spiro atoms. The summed E-state index contributed by atoms with van der Waals surface area (Å²) in [6.45, 7) is 3.55. The van der Waals surface area contributed by atoms with Gasteiger partial charge in [-0.15, -0.1) is 11.3 Å². The zero-order valence-electron chi connectivity index (χ0n) is 11.1. The summed E-state index contributed by atoms with van der Waals surface area (Å²) in [5, 5.41) is 3.99. The Morgan fingerprint density at radius 2 is 2.42 bits per heavy atom. The number of hydrogen-bond donors (Lipinski definition) is 1. The number of thiophene rings is 1. The number of nitrogens with zero attached hydrogens (tertiary/aromatic N) is 2. The fourth-order valence-electron chi connectivity index (χ4n) is 2.08. The van der Waals surface area contributed by atoms with Gasteiger partial charge in [-0.3, -0.25) is 0 Å². The molecule has 2 aromatic rings. The van der Waals surface area contributed by atoms with Crippen LogP contribution in [0.3, 0.4) is 0 Å². The van der Waals surface area contributed by atoms with E-state index in [4.69, 9.17) is 9.47 Å². The molecule has 1 aliphatic rings. The molecule has 1 aliphatic heterocycles. The van der Waals surface area contributed by atoms with Crippen LogP contribution in [0.4, 0.5) is 5.95 Å². The number of rotatable bonds is 4. The molecule has 0 bridgehead atoms. The van der Waals surface area contributed by atoms with Crippen LogP contribution < -0.4 is 10.1 Å². The highest BCUT2D eigenvalue weighted by Gasteiger charge is 2.20. The topological polar surface area (TPSA) is 56.3 Å².